The van der Waals surface area contributed by atoms with Crippen LogP contribution in [-0.4, -0.2) is 39.0 Å². The molecule has 1 aromatic carbocycles. The van der Waals surface area contributed by atoms with Crippen molar-refractivity contribution in [2.75, 3.05) is 13.1 Å². The third-order valence-electron chi connectivity index (χ3n) is 7.56. The van der Waals surface area contributed by atoms with Crippen LogP contribution in [0.5, 0.6) is 0 Å². The Morgan fingerprint density at radius 3 is 2.48 bits per heavy atom. The zero-order chi connectivity index (χ0) is 23.5. The van der Waals surface area contributed by atoms with Crippen molar-refractivity contribution < 1.29 is 4.79 Å². The lowest BCUT2D eigenvalue weighted by Gasteiger charge is -2.34. The van der Waals surface area contributed by atoms with E-state index in [0.717, 1.165) is 61.1 Å². The van der Waals surface area contributed by atoms with Crippen LogP contribution in [0.2, 0.25) is 0 Å². The number of fused-ring (bicyclic) bond motifs is 1. The highest BCUT2D eigenvalue weighted by molar-refractivity contribution is 5.92. The number of nitrogens with zero attached hydrogens (tertiary/aromatic N) is 2. The smallest absolute Gasteiger partial charge is 0.253 e. The van der Waals surface area contributed by atoms with Gasteiger partial charge >= 0.3 is 0 Å². The molecular formula is C27H34N4O2. The molecule has 3 N–H and O–H groups in total. The molecule has 1 aliphatic heterocycles. The van der Waals surface area contributed by atoms with Crippen LogP contribution < -0.4 is 11.3 Å². The van der Waals surface area contributed by atoms with Gasteiger partial charge in [0.2, 0.25) is 5.91 Å². The zero-order valence-corrected chi connectivity index (χ0v) is 20.1. The normalized spacial score (nSPS) is 18.3. The fourth-order valence-electron chi connectivity index (χ4n) is 5.41. The van der Waals surface area contributed by atoms with Crippen LogP contribution in [0.15, 0.2) is 35.3 Å². The van der Waals surface area contributed by atoms with Crippen molar-refractivity contribution in [3.05, 3.63) is 57.5 Å². The molecule has 2 fully saturated rings. The van der Waals surface area contributed by atoms with Crippen LogP contribution in [0.25, 0.3) is 22.2 Å². The van der Waals surface area contributed by atoms with E-state index in [4.69, 9.17) is 5.73 Å². The number of pyridine rings is 1. The molecule has 6 nitrogen and oxygen atoms in total. The highest BCUT2D eigenvalue weighted by atomic mass is 16.2. The first kappa shape index (κ1) is 22.0. The van der Waals surface area contributed by atoms with Crippen molar-refractivity contribution in [1.82, 2.24) is 14.5 Å². The number of carbonyl (C=O) groups is 1. The number of hydrogen-bond acceptors (Lipinski definition) is 3. The number of nitrogens with one attached hydrogen (secondary N) is 1. The van der Waals surface area contributed by atoms with E-state index in [1.807, 2.05) is 31.1 Å². The van der Waals surface area contributed by atoms with Crippen LogP contribution in [0, 0.1) is 6.92 Å². The summed E-state index contributed by atoms with van der Waals surface area (Å²) in [5, 5.41) is 1.25. The number of likely N-dealkylation sites (tertiary alicyclic amines) is 1. The maximum Gasteiger partial charge on any atom is 0.253 e. The standard InChI is InChI=1S/C27H34N4O2/c1-16(2)23-21-14-19(18-7-11-31(12-8-18)26(33)27(28)9-10-27)5-6-22(21)29-24(23)20-13-17(3)25(32)30(4)15-20/h5-6,13-16,18,29H,7-12,28H2,1-4H3. The summed E-state index contributed by atoms with van der Waals surface area (Å²) in [5.41, 5.74) is 12.2. The fraction of sp³-hybridized carbons (Fsp3) is 0.481. The van der Waals surface area contributed by atoms with Gasteiger partial charge in [-0.25, -0.2) is 0 Å². The van der Waals surface area contributed by atoms with Gasteiger partial charge in [0.1, 0.15) is 0 Å². The SMILES string of the molecule is Cc1cc(-c2[nH]c3ccc(C4CCN(C(=O)C5(N)CC5)CC4)cc3c2C(C)C)cn(C)c1=O. The molecule has 2 aromatic heterocycles. The second-order valence-corrected chi connectivity index (χ2v) is 10.4. The lowest BCUT2D eigenvalue weighted by Crippen LogP contribution is -2.48. The summed E-state index contributed by atoms with van der Waals surface area (Å²) < 4.78 is 1.66. The average Bonchev–Trinajstić information content (AvgIpc) is 3.43. The minimum Gasteiger partial charge on any atom is -0.354 e. The molecule has 1 saturated carbocycles. The summed E-state index contributed by atoms with van der Waals surface area (Å²) in [4.78, 5) is 30.4. The van der Waals surface area contributed by atoms with E-state index in [9.17, 15) is 9.59 Å². The summed E-state index contributed by atoms with van der Waals surface area (Å²) in [6.07, 6.45) is 5.52. The summed E-state index contributed by atoms with van der Waals surface area (Å²) in [5.74, 6) is 0.922. The van der Waals surface area contributed by atoms with Crippen LogP contribution >= 0.6 is 0 Å². The van der Waals surface area contributed by atoms with Gasteiger partial charge in [0.25, 0.3) is 5.56 Å². The Morgan fingerprint density at radius 1 is 1.18 bits per heavy atom. The molecule has 3 aromatic rings. The number of aromatic nitrogens is 2. The molecule has 0 bridgehead atoms. The van der Waals surface area contributed by atoms with Gasteiger partial charge in [-0.05, 0) is 73.8 Å². The minimum atomic E-state index is -0.571. The van der Waals surface area contributed by atoms with E-state index >= 15 is 0 Å². The molecule has 0 spiro atoms. The molecule has 1 aliphatic carbocycles. The lowest BCUT2D eigenvalue weighted by molar-refractivity contribution is -0.134. The van der Waals surface area contributed by atoms with Gasteiger partial charge in [-0.15, -0.1) is 0 Å². The molecule has 0 atom stereocenters. The second-order valence-electron chi connectivity index (χ2n) is 10.4. The molecule has 0 unspecified atom stereocenters. The number of amides is 1. The molecular weight excluding hydrogens is 412 g/mol. The topological polar surface area (TPSA) is 84.1 Å². The third-order valence-corrected chi connectivity index (χ3v) is 7.56. The number of nitrogens with two attached hydrogens (primary N) is 1. The van der Waals surface area contributed by atoms with Crippen LogP contribution in [-0.2, 0) is 11.8 Å². The predicted octanol–water partition coefficient (Wildman–Crippen LogP) is 4.16. The average molecular weight is 447 g/mol. The van der Waals surface area contributed by atoms with Crippen molar-refractivity contribution in [2.45, 2.75) is 63.8 Å². The molecule has 1 amide bonds. The molecule has 0 radical (unpaired) electrons. The molecule has 5 rings (SSSR count). The molecule has 2 aliphatic rings. The van der Waals surface area contributed by atoms with Crippen molar-refractivity contribution in [3.63, 3.8) is 0 Å². The van der Waals surface area contributed by atoms with E-state index in [2.05, 4.69) is 37.0 Å². The van der Waals surface area contributed by atoms with Crippen molar-refractivity contribution in [2.24, 2.45) is 12.8 Å². The number of carbonyl (C=O) groups excluding carboxylic acids is 1. The van der Waals surface area contributed by atoms with Gasteiger partial charge in [0.05, 0.1) is 11.2 Å². The van der Waals surface area contributed by atoms with Gasteiger partial charge in [0.15, 0.2) is 0 Å². The Balaban J connectivity index is 1.47. The number of H-pyrrole nitrogens is 1. The van der Waals surface area contributed by atoms with Crippen LogP contribution in [0.3, 0.4) is 0 Å². The van der Waals surface area contributed by atoms with Gasteiger partial charge in [-0.2, -0.15) is 0 Å². The number of aromatic amines is 1. The number of rotatable bonds is 4. The first-order chi connectivity index (χ1) is 15.7. The van der Waals surface area contributed by atoms with E-state index in [1.54, 1.807) is 4.57 Å². The monoisotopic (exact) mass is 446 g/mol. The molecule has 6 heteroatoms. The van der Waals surface area contributed by atoms with Gasteiger partial charge in [-0.1, -0.05) is 19.9 Å². The van der Waals surface area contributed by atoms with Crippen molar-refractivity contribution >= 4 is 16.8 Å². The summed E-state index contributed by atoms with van der Waals surface area (Å²) in [7, 11) is 1.81. The summed E-state index contributed by atoms with van der Waals surface area (Å²) >= 11 is 0. The van der Waals surface area contributed by atoms with E-state index in [1.165, 1.54) is 16.5 Å². The van der Waals surface area contributed by atoms with Gasteiger partial charge in [-0.3, -0.25) is 9.59 Å². The molecule has 33 heavy (non-hydrogen) atoms. The van der Waals surface area contributed by atoms with Gasteiger partial charge < -0.3 is 20.2 Å². The Labute approximate surface area is 194 Å². The number of benzene rings is 1. The first-order valence-electron chi connectivity index (χ1n) is 12.1. The Kier molecular flexibility index (Phi) is 5.24. The summed E-state index contributed by atoms with van der Waals surface area (Å²) in [6, 6.07) is 8.74. The largest absolute Gasteiger partial charge is 0.354 e. The Hall–Kier alpha value is -2.86. The highest BCUT2D eigenvalue weighted by Crippen LogP contribution is 2.39. The second kappa shape index (κ2) is 7.87. The number of aryl methyl sites for hydroxylation is 2. The third kappa shape index (κ3) is 3.80. The Bertz CT molecular complexity index is 1260. The quantitative estimate of drug-likeness (QED) is 0.631. The van der Waals surface area contributed by atoms with Gasteiger partial charge in [0, 0.05) is 48.4 Å². The summed E-state index contributed by atoms with van der Waals surface area (Å²) in [6.45, 7) is 7.88. The van der Waals surface area contributed by atoms with E-state index in [0.29, 0.717) is 11.8 Å². The maximum atomic E-state index is 12.6. The molecule has 1 saturated heterocycles. The zero-order valence-electron chi connectivity index (χ0n) is 20.1. The van der Waals surface area contributed by atoms with Crippen LogP contribution in [0.1, 0.15) is 68.1 Å². The number of hydrogen-bond donors (Lipinski definition) is 2. The van der Waals surface area contributed by atoms with E-state index in [-0.39, 0.29) is 11.5 Å². The fourth-order valence-corrected chi connectivity index (χ4v) is 5.41. The van der Waals surface area contributed by atoms with Crippen molar-refractivity contribution in [1.29, 1.82) is 0 Å². The molecule has 174 valence electrons. The van der Waals surface area contributed by atoms with Crippen LogP contribution in [0.4, 0.5) is 0 Å². The predicted molar refractivity (Wildman–Crippen MR) is 133 cm³/mol. The van der Waals surface area contributed by atoms with E-state index < -0.39 is 5.54 Å². The maximum absolute atomic E-state index is 12.6. The Morgan fingerprint density at radius 2 is 1.88 bits per heavy atom. The lowest BCUT2D eigenvalue weighted by atomic mass is 9.87. The van der Waals surface area contributed by atoms with Crippen molar-refractivity contribution in [3.8, 4) is 11.3 Å². The first-order valence-corrected chi connectivity index (χ1v) is 12.1. The highest BCUT2D eigenvalue weighted by Gasteiger charge is 2.48. The minimum absolute atomic E-state index is 0.0373. The molecule has 3 heterocycles. The number of piperidine rings is 1.